The van der Waals surface area contributed by atoms with Crippen LogP contribution in [0.15, 0.2) is 188 Å². The molecule has 0 aliphatic carbocycles. The van der Waals surface area contributed by atoms with Crippen LogP contribution in [-0.4, -0.2) is 94.0 Å². The van der Waals surface area contributed by atoms with E-state index in [0.29, 0.717) is 34.9 Å². The van der Waals surface area contributed by atoms with Gasteiger partial charge in [-0.25, -0.2) is 29.9 Å². The third-order valence-corrected chi connectivity index (χ3v) is 15.0. The van der Waals surface area contributed by atoms with Crippen LogP contribution in [0.2, 0.25) is 0 Å². The van der Waals surface area contributed by atoms with Crippen molar-refractivity contribution in [3.63, 3.8) is 0 Å². The molecule has 0 atom stereocenters. The van der Waals surface area contributed by atoms with Gasteiger partial charge in [0.25, 0.3) is 0 Å². The lowest BCUT2D eigenvalue weighted by atomic mass is 9.71. The first kappa shape index (κ1) is 45.9. The molecule has 15 heteroatoms. The van der Waals surface area contributed by atoms with Crippen LogP contribution in [0, 0.1) is 0 Å². The van der Waals surface area contributed by atoms with E-state index in [2.05, 4.69) is 155 Å². The van der Waals surface area contributed by atoms with E-state index in [1.807, 2.05) is 97.1 Å². The highest BCUT2D eigenvalue weighted by Gasteiger charge is 2.29. The number of benzene rings is 9. The Balaban J connectivity index is 1.22. The standard InChI is InChI=1S/C60H45B7N8/c61-37-29-40-45-49(66)50(67)47-46-48(65)41(62)31-43(64)52(46)74(38-24-14-5-15-25-38)54(47)53(45)75(51(40)42(63)30-37)44-27-26-36(59-70-55(32-16-6-1-7-17-32)68-56(71-59)33-18-8-2-9-19-33)28-39(44)60-72-57(34-20-10-3-11-21-34)69-58(73-60)35-22-12-4-13-23-35/h1-31H,61-67H2. The highest BCUT2D eigenvalue weighted by molar-refractivity contribution is 6.64. The lowest BCUT2D eigenvalue weighted by Gasteiger charge is -2.19. The molecule has 0 bridgehead atoms. The number of para-hydroxylation sites is 1. The number of hydrogen-bond donors (Lipinski definition) is 0. The number of rotatable bonds is 8. The van der Waals surface area contributed by atoms with Crippen molar-refractivity contribution in [1.29, 1.82) is 0 Å². The Morgan fingerprint density at radius 2 is 0.707 bits per heavy atom. The number of fused-ring (bicyclic) bond motifs is 7. The first-order chi connectivity index (χ1) is 36.6. The van der Waals surface area contributed by atoms with Gasteiger partial charge in [0, 0.05) is 66.3 Å². The number of nitrogens with zero attached hydrogens (tertiary/aromatic N) is 8. The second kappa shape index (κ2) is 18.2. The SMILES string of the molecule is Bc1cc(B)c2c(c1)c1c(B)c(B)c3c4c(B)c(B)cc(B)c4n(-c4ccccc4)c3c1n2-c1ccc(-c2nc(-c3ccccc3)nc(-c3ccccc3)n2)cc1-c1nc(-c2ccccc2)nc(-c2ccccc2)n1. The van der Waals surface area contributed by atoms with Gasteiger partial charge in [-0.05, 0) is 35.7 Å². The van der Waals surface area contributed by atoms with E-state index >= 15 is 0 Å². The number of aromatic nitrogens is 8. The van der Waals surface area contributed by atoms with Crippen LogP contribution >= 0.6 is 0 Å². The molecular weight excluding hydrogens is 908 g/mol. The van der Waals surface area contributed by atoms with Crippen LogP contribution in [-0.2, 0) is 0 Å². The van der Waals surface area contributed by atoms with Crippen molar-refractivity contribution in [3.8, 4) is 79.7 Å². The molecule has 0 N–H and O–H groups in total. The molecule has 8 nitrogen and oxygen atoms in total. The van der Waals surface area contributed by atoms with Gasteiger partial charge in [0.05, 0.1) is 16.7 Å². The van der Waals surface area contributed by atoms with Crippen LogP contribution in [0.1, 0.15) is 0 Å². The molecule has 0 saturated heterocycles. The highest BCUT2D eigenvalue weighted by atomic mass is 15.1. The fourth-order valence-electron chi connectivity index (χ4n) is 11.4. The maximum absolute atomic E-state index is 5.46. The lowest BCUT2D eigenvalue weighted by Crippen LogP contribution is -2.32. The highest BCUT2D eigenvalue weighted by Crippen LogP contribution is 2.42. The van der Waals surface area contributed by atoms with Gasteiger partial charge in [0.15, 0.2) is 34.9 Å². The van der Waals surface area contributed by atoms with E-state index in [0.717, 1.165) is 66.8 Å². The molecule has 0 fully saturated rings. The molecule has 0 unspecified atom stereocenters. The lowest BCUT2D eigenvalue weighted by molar-refractivity contribution is 1.06. The Hall–Kier alpha value is -8.95. The van der Waals surface area contributed by atoms with Crippen LogP contribution in [0.5, 0.6) is 0 Å². The van der Waals surface area contributed by atoms with E-state index < -0.39 is 0 Å². The zero-order valence-electron chi connectivity index (χ0n) is 43.0. The van der Waals surface area contributed by atoms with E-state index in [4.69, 9.17) is 29.9 Å². The first-order valence-corrected chi connectivity index (χ1v) is 25.5. The second-order valence-corrected chi connectivity index (χ2v) is 19.8. The van der Waals surface area contributed by atoms with Gasteiger partial charge in [-0.2, -0.15) is 0 Å². The Kier molecular flexibility index (Phi) is 11.1. The minimum Gasteiger partial charge on any atom is -0.308 e. The van der Waals surface area contributed by atoms with Crippen molar-refractivity contribution >= 4 is 137 Å². The van der Waals surface area contributed by atoms with Crippen molar-refractivity contribution < 1.29 is 0 Å². The molecule has 13 aromatic rings. The minimum atomic E-state index is 0.519. The van der Waals surface area contributed by atoms with Crippen LogP contribution in [0.4, 0.5) is 0 Å². The van der Waals surface area contributed by atoms with Gasteiger partial charge < -0.3 is 9.13 Å². The van der Waals surface area contributed by atoms with Gasteiger partial charge in [0.2, 0.25) is 0 Å². The van der Waals surface area contributed by atoms with E-state index in [1.54, 1.807) is 0 Å². The summed E-state index contributed by atoms with van der Waals surface area (Å²) in [5.41, 5.74) is 20.4. The maximum Gasteiger partial charge on any atom is 0.166 e. The van der Waals surface area contributed by atoms with Crippen LogP contribution < -0.4 is 38.2 Å². The van der Waals surface area contributed by atoms with Crippen molar-refractivity contribution in [3.05, 3.63) is 188 Å². The zero-order chi connectivity index (χ0) is 51.1. The Morgan fingerprint density at radius 3 is 1.21 bits per heavy atom. The average Bonchev–Trinajstić information content (AvgIpc) is 4.22. The molecule has 0 aliphatic rings. The summed E-state index contributed by atoms with van der Waals surface area (Å²) >= 11 is 0. The first-order valence-electron chi connectivity index (χ1n) is 25.5. The molecular formula is C60H45B7N8. The monoisotopic (exact) mass is 954 g/mol. The predicted molar refractivity (Wildman–Crippen MR) is 332 cm³/mol. The normalized spacial score (nSPS) is 11.6. The van der Waals surface area contributed by atoms with Crippen LogP contribution in [0.3, 0.4) is 0 Å². The fourth-order valence-corrected chi connectivity index (χ4v) is 11.4. The second-order valence-electron chi connectivity index (χ2n) is 19.8. The van der Waals surface area contributed by atoms with Gasteiger partial charge in [-0.15, -0.1) is 0 Å². The minimum absolute atomic E-state index is 0.519. The Morgan fingerprint density at radius 1 is 0.293 bits per heavy atom. The molecule has 0 saturated carbocycles. The molecule has 13 rings (SSSR count). The third-order valence-electron chi connectivity index (χ3n) is 15.0. The largest absolute Gasteiger partial charge is 0.308 e. The summed E-state index contributed by atoms with van der Waals surface area (Å²) in [6.45, 7) is 0. The van der Waals surface area contributed by atoms with Crippen molar-refractivity contribution in [2.75, 3.05) is 0 Å². The van der Waals surface area contributed by atoms with Crippen molar-refractivity contribution in [2.24, 2.45) is 0 Å². The van der Waals surface area contributed by atoms with Gasteiger partial charge >= 0.3 is 0 Å². The molecule has 0 spiro atoms. The van der Waals surface area contributed by atoms with E-state index in [-0.39, 0.29) is 0 Å². The fraction of sp³-hybridized carbons (Fsp3) is 0. The third kappa shape index (κ3) is 7.64. The Bertz CT molecular complexity index is 4310. The molecule has 75 heavy (non-hydrogen) atoms. The summed E-state index contributed by atoms with van der Waals surface area (Å²) < 4.78 is 5.04. The summed E-state index contributed by atoms with van der Waals surface area (Å²) in [5, 5.41) is 4.94. The summed E-state index contributed by atoms with van der Waals surface area (Å²) in [6, 6.07) is 65.0. The van der Waals surface area contributed by atoms with Gasteiger partial charge in [0.1, 0.15) is 54.9 Å². The molecule has 346 valence electrons. The zero-order valence-corrected chi connectivity index (χ0v) is 43.0. The summed E-state index contributed by atoms with van der Waals surface area (Å²) in [4.78, 5) is 31.7. The molecule has 0 aliphatic heterocycles. The Labute approximate surface area is 441 Å². The summed E-state index contributed by atoms with van der Waals surface area (Å²) in [5.74, 6) is 3.36. The quantitative estimate of drug-likeness (QED) is 0.217. The predicted octanol–water partition coefficient (Wildman–Crippen LogP) is 2.06. The summed E-state index contributed by atoms with van der Waals surface area (Å²) in [7, 11) is 15.9. The molecule has 4 aromatic heterocycles. The molecule has 0 amide bonds. The molecule has 9 aromatic carbocycles. The average molecular weight is 954 g/mol. The number of hydrogen-bond acceptors (Lipinski definition) is 6. The van der Waals surface area contributed by atoms with E-state index in [9.17, 15) is 0 Å². The van der Waals surface area contributed by atoms with E-state index in [1.165, 1.54) is 59.8 Å². The van der Waals surface area contributed by atoms with Crippen molar-refractivity contribution in [1.82, 2.24) is 39.0 Å². The maximum atomic E-state index is 5.46. The molecule has 0 radical (unpaired) electrons. The van der Waals surface area contributed by atoms with Gasteiger partial charge in [-0.3, -0.25) is 0 Å². The van der Waals surface area contributed by atoms with Gasteiger partial charge in [-0.1, -0.05) is 196 Å². The van der Waals surface area contributed by atoms with Crippen molar-refractivity contribution in [2.45, 2.75) is 0 Å². The summed E-state index contributed by atoms with van der Waals surface area (Å²) in [6.07, 6.45) is 0. The smallest absolute Gasteiger partial charge is 0.166 e. The molecule has 4 heterocycles. The topological polar surface area (TPSA) is 87.2 Å². The van der Waals surface area contributed by atoms with Crippen LogP contribution in [0.25, 0.3) is 123 Å².